The van der Waals surface area contributed by atoms with Gasteiger partial charge in [0.15, 0.2) is 0 Å². The van der Waals surface area contributed by atoms with Crippen molar-refractivity contribution in [3.63, 3.8) is 0 Å². The Balaban J connectivity index is 2.35. The first-order chi connectivity index (χ1) is 8.56. The van der Waals surface area contributed by atoms with E-state index in [1.165, 1.54) is 12.1 Å². The number of carboxylic acids is 1. The Morgan fingerprint density at radius 1 is 1.22 bits per heavy atom. The molecule has 0 amide bonds. The van der Waals surface area contributed by atoms with Crippen molar-refractivity contribution in [2.45, 2.75) is 0 Å². The van der Waals surface area contributed by atoms with Crippen LogP contribution >= 0.6 is 27.5 Å². The van der Waals surface area contributed by atoms with Gasteiger partial charge in [-0.3, -0.25) is 0 Å². The number of nitrogens with zero attached hydrogens (tertiary/aromatic N) is 1. The van der Waals surface area contributed by atoms with Crippen LogP contribution in [0.3, 0.4) is 0 Å². The summed E-state index contributed by atoms with van der Waals surface area (Å²) in [4.78, 5) is 14.9. The van der Waals surface area contributed by atoms with Crippen molar-refractivity contribution in [2.24, 2.45) is 0 Å². The zero-order valence-electron chi connectivity index (χ0n) is 8.93. The molecule has 1 N–H and O–H groups in total. The summed E-state index contributed by atoms with van der Waals surface area (Å²) in [6.45, 7) is 0. The molecular weight excluding hydrogens is 321 g/mol. The van der Waals surface area contributed by atoms with E-state index in [2.05, 4.69) is 20.9 Å². The smallest absolute Gasteiger partial charge is 0.341 e. The van der Waals surface area contributed by atoms with E-state index in [9.17, 15) is 4.79 Å². The standard InChI is InChI=1S/C12H7BrClNO3/c13-7-1-3-8(4-2-7)18-11-9(12(16)17)5-6-10(14)15-11/h1-6H,(H,16,17). The number of aromatic carboxylic acids is 1. The summed E-state index contributed by atoms with van der Waals surface area (Å²) >= 11 is 9.02. The molecular formula is C12H7BrClNO3. The van der Waals surface area contributed by atoms with Crippen molar-refractivity contribution in [1.29, 1.82) is 0 Å². The summed E-state index contributed by atoms with van der Waals surface area (Å²) in [6.07, 6.45) is 0. The number of carboxylic acid groups (broad SMARTS) is 1. The zero-order valence-corrected chi connectivity index (χ0v) is 11.3. The van der Waals surface area contributed by atoms with Crippen molar-refractivity contribution >= 4 is 33.5 Å². The van der Waals surface area contributed by atoms with E-state index in [0.717, 1.165) is 4.47 Å². The molecule has 0 aliphatic carbocycles. The minimum absolute atomic E-state index is 0.0303. The Labute approximate surface area is 116 Å². The molecule has 2 aromatic rings. The minimum Gasteiger partial charge on any atom is -0.477 e. The second-order valence-corrected chi connectivity index (χ2v) is 4.65. The second kappa shape index (κ2) is 5.37. The summed E-state index contributed by atoms with van der Waals surface area (Å²) in [5.41, 5.74) is -0.0395. The summed E-state index contributed by atoms with van der Waals surface area (Å²) in [7, 11) is 0. The lowest BCUT2D eigenvalue weighted by atomic mass is 10.3. The van der Waals surface area contributed by atoms with Gasteiger partial charge >= 0.3 is 5.97 Å². The molecule has 0 unspecified atom stereocenters. The highest BCUT2D eigenvalue weighted by molar-refractivity contribution is 9.10. The van der Waals surface area contributed by atoms with Crippen molar-refractivity contribution in [2.75, 3.05) is 0 Å². The molecule has 0 spiro atoms. The van der Waals surface area contributed by atoms with E-state index in [1.807, 2.05) is 0 Å². The van der Waals surface area contributed by atoms with Gasteiger partial charge in [0.1, 0.15) is 16.5 Å². The number of ether oxygens (including phenoxy) is 1. The topological polar surface area (TPSA) is 59.4 Å². The first-order valence-electron chi connectivity index (χ1n) is 4.89. The predicted octanol–water partition coefficient (Wildman–Crippen LogP) is 3.99. The van der Waals surface area contributed by atoms with Crippen LogP contribution in [-0.2, 0) is 0 Å². The molecule has 18 heavy (non-hydrogen) atoms. The molecule has 6 heteroatoms. The number of rotatable bonds is 3. The predicted molar refractivity (Wildman–Crippen MR) is 70.4 cm³/mol. The van der Waals surface area contributed by atoms with Crippen LogP contribution in [0.1, 0.15) is 10.4 Å². The van der Waals surface area contributed by atoms with Gasteiger partial charge in [0.25, 0.3) is 0 Å². The fourth-order valence-electron chi connectivity index (χ4n) is 1.27. The van der Waals surface area contributed by atoms with Gasteiger partial charge in [-0.05, 0) is 36.4 Å². The normalized spacial score (nSPS) is 10.1. The van der Waals surface area contributed by atoms with Crippen molar-refractivity contribution in [3.8, 4) is 11.6 Å². The van der Waals surface area contributed by atoms with Gasteiger partial charge in [-0.1, -0.05) is 27.5 Å². The molecule has 1 aromatic carbocycles. The summed E-state index contributed by atoms with van der Waals surface area (Å²) in [5, 5.41) is 9.18. The molecule has 0 radical (unpaired) electrons. The summed E-state index contributed by atoms with van der Waals surface area (Å²) < 4.78 is 6.31. The van der Waals surface area contributed by atoms with Crippen molar-refractivity contribution in [1.82, 2.24) is 4.98 Å². The number of aromatic nitrogens is 1. The molecule has 1 heterocycles. The Morgan fingerprint density at radius 3 is 2.50 bits per heavy atom. The Morgan fingerprint density at radius 2 is 1.89 bits per heavy atom. The number of pyridine rings is 1. The number of benzene rings is 1. The van der Waals surface area contributed by atoms with Crippen molar-refractivity contribution in [3.05, 3.63) is 51.6 Å². The minimum atomic E-state index is -1.12. The molecule has 0 atom stereocenters. The average molecular weight is 329 g/mol. The lowest BCUT2D eigenvalue weighted by molar-refractivity contribution is 0.0693. The van der Waals surface area contributed by atoms with Gasteiger partial charge in [0, 0.05) is 4.47 Å². The largest absolute Gasteiger partial charge is 0.477 e. The monoisotopic (exact) mass is 327 g/mol. The molecule has 0 bridgehead atoms. The maximum absolute atomic E-state index is 11.0. The number of hydrogen-bond acceptors (Lipinski definition) is 3. The van der Waals surface area contributed by atoms with Crippen LogP contribution in [-0.4, -0.2) is 16.1 Å². The Hall–Kier alpha value is -1.59. The molecule has 0 saturated heterocycles. The van der Waals surface area contributed by atoms with Crippen LogP contribution in [0.15, 0.2) is 40.9 Å². The lowest BCUT2D eigenvalue weighted by Crippen LogP contribution is -2.02. The third-order valence-electron chi connectivity index (χ3n) is 2.08. The molecule has 0 fully saturated rings. The molecule has 4 nitrogen and oxygen atoms in total. The Bertz CT molecular complexity index is 586. The van der Waals surface area contributed by atoms with E-state index in [4.69, 9.17) is 21.4 Å². The lowest BCUT2D eigenvalue weighted by Gasteiger charge is -2.07. The van der Waals surface area contributed by atoms with E-state index in [-0.39, 0.29) is 16.6 Å². The molecule has 2 rings (SSSR count). The third-order valence-corrected chi connectivity index (χ3v) is 2.82. The highest BCUT2D eigenvalue weighted by Crippen LogP contribution is 2.26. The SMILES string of the molecule is O=C(O)c1ccc(Cl)nc1Oc1ccc(Br)cc1. The quantitative estimate of drug-likeness (QED) is 0.866. The maximum Gasteiger partial charge on any atom is 0.341 e. The maximum atomic E-state index is 11.0. The molecule has 0 saturated carbocycles. The van der Waals surface area contributed by atoms with Crippen LogP contribution in [0.5, 0.6) is 11.6 Å². The Kier molecular flexibility index (Phi) is 3.84. The first kappa shape index (κ1) is 12.9. The van der Waals surface area contributed by atoms with Crippen molar-refractivity contribution < 1.29 is 14.6 Å². The van der Waals surface area contributed by atoms with E-state index in [1.54, 1.807) is 24.3 Å². The molecule has 92 valence electrons. The van der Waals surface area contributed by atoms with Gasteiger partial charge in [0.2, 0.25) is 5.88 Å². The highest BCUT2D eigenvalue weighted by atomic mass is 79.9. The van der Waals surface area contributed by atoms with Crippen LogP contribution in [0.4, 0.5) is 0 Å². The van der Waals surface area contributed by atoms with Gasteiger partial charge in [-0.25, -0.2) is 9.78 Å². The van der Waals surface area contributed by atoms with E-state index >= 15 is 0 Å². The van der Waals surface area contributed by atoms with Crippen LogP contribution < -0.4 is 4.74 Å². The van der Waals surface area contributed by atoms with Gasteiger partial charge in [-0.2, -0.15) is 0 Å². The zero-order chi connectivity index (χ0) is 13.1. The van der Waals surface area contributed by atoms with E-state index in [0.29, 0.717) is 5.75 Å². The summed E-state index contributed by atoms with van der Waals surface area (Å²) in [6, 6.07) is 9.70. The first-order valence-corrected chi connectivity index (χ1v) is 6.06. The average Bonchev–Trinajstić information content (AvgIpc) is 2.32. The number of carbonyl (C=O) groups is 1. The van der Waals surface area contributed by atoms with Crippen LogP contribution in [0.2, 0.25) is 5.15 Å². The number of halogens is 2. The second-order valence-electron chi connectivity index (χ2n) is 3.35. The summed E-state index contributed by atoms with van der Waals surface area (Å²) in [5.74, 6) is -0.668. The van der Waals surface area contributed by atoms with Crippen LogP contribution in [0, 0.1) is 0 Å². The van der Waals surface area contributed by atoms with E-state index < -0.39 is 5.97 Å². The third kappa shape index (κ3) is 3.00. The van der Waals surface area contributed by atoms with Gasteiger partial charge in [-0.15, -0.1) is 0 Å². The fraction of sp³-hybridized carbons (Fsp3) is 0. The van der Waals surface area contributed by atoms with Gasteiger partial charge in [0.05, 0.1) is 0 Å². The molecule has 0 aliphatic rings. The fourth-order valence-corrected chi connectivity index (χ4v) is 1.68. The molecule has 1 aromatic heterocycles. The number of hydrogen-bond donors (Lipinski definition) is 1. The highest BCUT2D eigenvalue weighted by Gasteiger charge is 2.14. The van der Waals surface area contributed by atoms with Gasteiger partial charge < -0.3 is 9.84 Å². The molecule has 0 aliphatic heterocycles. The van der Waals surface area contributed by atoms with Crippen LogP contribution in [0.25, 0.3) is 0 Å².